The number of rotatable bonds is 5. The summed E-state index contributed by atoms with van der Waals surface area (Å²) in [6, 6.07) is 8.45. The highest BCUT2D eigenvalue weighted by molar-refractivity contribution is 5.50. The number of nitrogens with one attached hydrogen (secondary N) is 2. The Labute approximate surface area is 85.7 Å². The molecule has 2 nitrogen and oxygen atoms in total. The van der Waals surface area contributed by atoms with E-state index in [0.29, 0.717) is 0 Å². The van der Waals surface area contributed by atoms with E-state index in [4.69, 9.17) is 0 Å². The van der Waals surface area contributed by atoms with Crippen molar-refractivity contribution in [2.45, 2.75) is 19.4 Å². The third-order valence-corrected chi connectivity index (χ3v) is 2.73. The minimum absolute atomic E-state index is 0.955. The lowest BCUT2D eigenvalue weighted by Crippen LogP contribution is -2.16. The summed E-state index contributed by atoms with van der Waals surface area (Å²) in [6.07, 6.45) is 2.83. The van der Waals surface area contributed by atoms with Gasteiger partial charge in [-0.1, -0.05) is 18.2 Å². The van der Waals surface area contributed by atoms with Crippen molar-refractivity contribution in [3.05, 3.63) is 29.8 Å². The first kappa shape index (κ1) is 9.53. The zero-order valence-corrected chi connectivity index (χ0v) is 8.72. The van der Waals surface area contributed by atoms with Crippen LogP contribution in [0.15, 0.2) is 24.3 Å². The third kappa shape index (κ3) is 2.48. The average molecular weight is 190 g/mol. The summed E-state index contributed by atoms with van der Waals surface area (Å²) < 4.78 is 0. The summed E-state index contributed by atoms with van der Waals surface area (Å²) in [6.45, 7) is 2.16. The minimum Gasteiger partial charge on any atom is -0.388 e. The van der Waals surface area contributed by atoms with Crippen LogP contribution in [0, 0.1) is 5.92 Å². The molecule has 1 aliphatic rings. The Bertz CT molecular complexity index is 292. The van der Waals surface area contributed by atoms with Crippen molar-refractivity contribution in [1.82, 2.24) is 5.32 Å². The van der Waals surface area contributed by atoms with Gasteiger partial charge >= 0.3 is 0 Å². The molecule has 2 heteroatoms. The van der Waals surface area contributed by atoms with Crippen molar-refractivity contribution in [1.29, 1.82) is 0 Å². The topological polar surface area (TPSA) is 24.1 Å². The van der Waals surface area contributed by atoms with Gasteiger partial charge in [-0.25, -0.2) is 0 Å². The summed E-state index contributed by atoms with van der Waals surface area (Å²) in [7, 11) is 1.97. The highest BCUT2D eigenvalue weighted by Gasteiger charge is 2.20. The highest BCUT2D eigenvalue weighted by Crippen LogP contribution is 2.27. The predicted octanol–water partition coefficient (Wildman–Crippen LogP) is 2.23. The van der Waals surface area contributed by atoms with Crippen LogP contribution in [0.25, 0.3) is 0 Å². The van der Waals surface area contributed by atoms with Crippen molar-refractivity contribution < 1.29 is 0 Å². The SMILES string of the molecule is CNc1ccccc1CNCC1CC1. The lowest BCUT2D eigenvalue weighted by molar-refractivity contribution is 0.639. The molecule has 0 bridgehead atoms. The van der Waals surface area contributed by atoms with E-state index in [1.807, 2.05) is 7.05 Å². The standard InChI is InChI=1S/C12H18N2/c1-13-12-5-3-2-4-11(12)9-14-8-10-6-7-10/h2-5,10,13-14H,6-9H2,1H3. The molecule has 2 N–H and O–H groups in total. The molecule has 0 spiro atoms. The normalized spacial score (nSPS) is 15.5. The molecule has 0 saturated heterocycles. The summed E-state index contributed by atoms with van der Waals surface area (Å²) in [5, 5.41) is 6.71. The summed E-state index contributed by atoms with van der Waals surface area (Å²) in [5.41, 5.74) is 2.59. The van der Waals surface area contributed by atoms with E-state index in [1.165, 1.54) is 30.6 Å². The Balaban J connectivity index is 1.86. The molecule has 76 valence electrons. The molecule has 0 atom stereocenters. The minimum atomic E-state index is 0.955. The van der Waals surface area contributed by atoms with E-state index in [0.717, 1.165) is 12.5 Å². The first-order valence-corrected chi connectivity index (χ1v) is 5.36. The molecule has 2 rings (SSSR count). The molecule has 0 radical (unpaired) electrons. The molecule has 0 heterocycles. The Morgan fingerprint density at radius 1 is 1.29 bits per heavy atom. The zero-order chi connectivity index (χ0) is 9.80. The summed E-state index contributed by atoms with van der Waals surface area (Å²) in [4.78, 5) is 0. The Morgan fingerprint density at radius 2 is 2.07 bits per heavy atom. The highest BCUT2D eigenvalue weighted by atomic mass is 14.9. The molecule has 0 amide bonds. The van der Waals surface area contributed by atoms with E-state index >= 15 is 0 Å². The third-order valence-electron chi connectivity index (χ3n) is 2.73. The van der Waals surface area contributed by atoms with E-state index in [9.17, 15) is 0 Å². The molecule has 1 aromatic rings. The van der Waals surface area contributed by atoms with Crippen molar-refractivity contribution in [3.8, 4) is 0 Å². The molecule has 1 aliphatic carbocycles. The second kappa shape index (κ2) is 4.47. The molecule has 0 aromatic heterocycles. The quantitative estimate of drug-likeness (QED) is 0.744. The number of benzene rings is 1. The molecule has 1 aromatic carbocycles. The van der Waals surface area contributed by atoms with Gasteiger partial charge in [0.1, 0.15) is 0 Å². The fraction of sp³-hybridized carbons (Fsp3) is 0.500. The van der Waals surface area contributed by atoms with Gasteiger partial charge in [0, 0.05) is 19.3 Å². The first-order valence-electron chi connectivity index (χ1n) is 5.36. The van der Waals surface area contributed by atoms with Gasteiger partial charge in [0.25, 0.3) is 0 Å². The summed E-state index contributed by atoms with van der Waals surface area (Å²) in [5.74, 6) is 0.955. The second-order valence-electron chi connectivity index (χ2n) is 3.98. The fourth-order valence-electron chi connectivity index (χ4n) is 1.65. The molecular weight excluding hydrogens is 172 g/mol. The van der Waals surface area contributed by atoms with Crippen LogP contribution in [0.2, 0.25) is 0 Å². The van der Waals surface area contributed by atoms with E-state index in [2.05, 4.69) is 34.9 Å². The maximum Gasteiger partial charge on any atom is 0.0383 e. The largest absolute Gasteiger partial charge is 0.388 e. The van der Waals surface area contributed by atoms with E-state index in [1.54, 1.807) is 0 Å². The number of hydrogen-bond donors (Lipinski definition) is 2. The van der Waals surface area contributed by atoms with E-state index in [-0.39, 0.29) is 0 Å². The van der Waals surface area contributed by atoms with Crippen molar-refractivity contribution >= 4 is 5.69 Å². The van der Waals surface area contributed by atoms with Crippen LogP contribution in [0.5, 0.6) is 0 Å². The van der Waals surface area contributed by atoms with Gasteiger partial charge in [0.15, 0.2) is 0 Å². The van der Waals surface area contributed by atoms with Crippen molar-refractivity contribution in [3.63, 3.8) is 0 Å². The van der Waals surface area contributed by atoms with Gasteiger partial charge in [-0.3, -0.25) is 0 Å². The smallest absolute Gasteiger partial charge is 0.0383 e. The number of anilines is 1. The molecule has 0 aliphatic heterocycles. The van der Waals surface area contributed by atoms with Crippen LogP contribution in [-0.2, 0) is 6.54 Å². The number of hydrogen-bond acceptors (Lipinski definition) is 2. The van der Waals surface area contributed by atoms with Gasteiger partial charge in [-0.05, 0) is 36.9 Å². The lowest BCUT2D eigenvalue weighted by atomic mass is 10.2. The molecular formula is C12H18N2. The van der Waals surface area contributed by atoms with Crippen LogP contribution in [0.4, 0.5) is 5.69 Å². The Morgan fingerprint density at radius 3 is 2.79 bits per heavy atom. The van der Waals surface area contributed by atoms with Gasteiger partial charge in [0.2, 0.25) is 0 Å². The van der Waals surface area contributed by atoms with E-state index < -0.39 is 0 Å². The van der Waals surface area contributed by atoms with Crippen LogP contribution >= 0.6 is 0 Å². The Kier molecular flexibility index (Phi) is 3.04. The monoisotopic (exact) mass is 190 g/mol. The zero-order valence-electron chi connectivity index (χ0n) is 8.72. The maximum absolute atomic E-state index is 3.50. The van der Waals surface area contributed by atoms with Gasteiger partial charge in [-0.2, -0.15) is 0 Å². The number of para-hydroxylation sites is 1. The van der Waals surface area contributed by atoms with Crippen molar-refractivity contribution in [2.75, 3.05) is 18.9 Å². The predicted molar refractivity (Wildman–Crippen MR) is 60.4 cm³/mol. The molecule has 1 saturated carbocycles. The van der Waals surface area contributed by atoms with Crippen LogP contribution < -0.4 is 10.6 Å². The van der Waals surface area contributed by atoms with Gasteiger partial charge in [-0.15, -0.1) is 0 Å². The average Bonchev–Trinajstić information content (AvgIpc) is 3.03. The van der Waals surface area contributed by atoms with Crippen LogP contribution in [0.3, 0.4) is 0 Å². The lowest BCUT2D eigenvalue weighted by Gasteiger charge is -2.09. The Hall–Kier alpha value is -1.02. The first-order chi connectivity index (χ1) is 6.90. The van der Waals surface area contributed by atoms with Crippen molar-refractivity contribution in [2.24, 2.45) is 5.92 Å². The maximum atomic E-state index is 3.50. The summed E-state index contributed by atoms with van der Waals surface area (Å²) >= 11 is 0. The fourth-order valence-corrected chi connectivity index (χ4v) is 1.65. The van der Waals surface area contributed by atoms with Gasteiger partial charge in [0.05, 0.1) is 0 Å². The molecule has 1 fully saturated rings. The van der Waals surface area contributed by atoms with Crippen LogP contribution in [-0.4, -0.2) is 13.6 Å². The van der Waals surface area contributed by atoms with Gasteiger partial charge < -0.3 is 10.6 Å². The molecule has 14 heavy (non-hydrogen) atoms. The van der Waals surface area contributed by atoms with Crippen LogP contribution in [0.1, 0.15) is 18.4 Å². The molecule has 0 unspecified atom stereocenters. The second-order valence-corrected chi connectivity index (χ2v) is 3.98.